The van der Waals surface area contributed by atoms with Gasteiger partial charge in [-0.05, 0) is 23.2 Å². The van der Waals surface area contributed by atoms with Gasteiger partial charge in [0.15, 0.2) is 0 Å². The summed E-state index contributed by atoms with van der Waals surface area (Å²) in [5.41, 5.74) is 0.990. The molecule has 0 fully saturated rings. The Balaban J connectivity index is 2.80. The molecule has 0 spiro atoms. The fraction of sp³-hybridized carbons (Fsp3) is 0.167. The Morgan fingerprint density at radius 3 is 2.85 bits per heavy atom. The van der Waals surface area contributed by atoms with Gasteiger partial charge in [-0.25, -0.2) is 9.97 Å². The number of aromatic nitrogens is 4. The summed E-state index contributed by atoms with van der Waals surface area (Å²) in [5, 5.41) is 0.316. The highest BCUT2D eigenvalue weighted by Gasteiger charge is 2.10. The zero-order valence-electron chi connectivity index (χ0n) is 6.53. The first-order chi connectivity index (χ1) is 6.22. The Hall–Kier alpha value is -1.07. The molecule has 7 heteroatoms. The second kappa shape index (κ2) is 3.01. The molecule has 13 heavy (non-hydrogen) atoms. The highest BCUT2D eigenvalue weighted by Crippen LogP contribution is 2.16. The predicted octanol–water partition coefficient (Wildman–Crippen LogP) is 1.19. The van der Waals surface area contributed by atoms with Crippen LogP contribution >= 0.6 is 23.2 Å². The molecule has 0 aromatic carbocycles. The third kappa shape index (κ3) is 1.30. The first-order valence-corrected chi connectivity index (χ1v) is 4.09. The van der Waals surface area contributed by atoms with Crippen LogP contribution < -0.4 is 4.84 Å². The quantitative estimate of drug-likeness (QED) is 0.534. The molecule has 2 aromatic heterocycles. The summed E-state index contributed by atoms with van der Waals surface area (Å²) in [6.07, 6.45) is 1.48. The number of rotatable bonds is 1. The van der Waals surface area contributed by atoms with E-state index in [1.165, 1.54) is 18.0 Å². The van der Waals surface area contributed by atoms with Crippen LogP contribution in [-0.4, -0.2) is 26.8 Å². The van der Waals surface area contributed by atoms with E-state index in [4.69, 9.17) is 28.0 Å². The zero-order valence-corrected chi connectivity index (χ0v) is 8.04. The Labute approximate surface area is 83.2 Å². The molecule has 2 rings (SSSR count). The molecule has 0 saturated carbocycles. The van der Waals surface area contributed by atoms with E-state index in [0.717, 1.165) is 0 Å². The largest absolute Gasteiger partial charge is 0.413 e. The van der Waals surface area contributed by atoms with Gasteiger partial charge in [0.2, 0.25) is 16.2 Å². The third-order valence-corrected chi connectivity index (χ3v) is 1.90. The monoisotopic (exact) mass is 218 g/mol. The van der Waals surface area contributed by atoms with Gasteiger partial charge in [-0.1, -0.05) is 0 Å². The number of nitrogens with zero attached hydrogens (tertiary/aromatic N) is 4. The molecule has 0 atom stereocenters. The van der Waals surface area contributed by atoms with Gasteiger partial charge >= 0.3 is 0 Å². The van der Waals surface area contributed by atoms with Crippen molar-refractivity contribution in [3.8, 4) is 0 Å². The van der Waals surface area contributed by atoms with E-state index in [1.54, 1.807) is 0 Å². The number of hydrogen-bond acceptors (Lipinski definition) is 4. The molecular formula is C6H4Cl2N4O. The van der Waals surface area contributed by atoms with Crippen LogP contribution in [0.15, 0.2) is 6.20 Å². The minimum atomic E-state index is 0.127. The van der Waals surface area contributed by atoms with Crippen LogP contribution in [-0.2, 0) is 0 Å². The van der Waals surface area contributed by atoms with Gasteiger partial charge in [-0.2, -0.15) is 4.98 Å². The van der Waals surface area contributed by atoms with Crippen molar-refractivity contribution in [1.82, 2.24) is 19.7 Å². The average molecular weight is 219 g/mol. The molecule has 0 bridgehead atoms. The van der Waals surface area contributed by atoms with Gasteiger partial charge in [-0.15, -0.1) is 4.73 Å². The van der Waals surface area contributed by atoms with Crippen molar-refractivity contribution in [1.29, 1.82) is 0 Å². The lowest BCUT2D eigenvalue weighted by atomic mass is 10.6. The lowest BCUT2D eigenvalue weighted by molar-refractivity contribution is 0.176. The topological polar surface area (TPSA) is 52.8 Å². The van der Waals surface area contributed by atoms with E-state index in [1.807, 2.05) is 0 Å². The molecule has 2 aromatic rings. The molecule has 0 amide bonds. The second-order valence-corrected chi connectivity index (χ2v) is 2.88. The number of halogens is 2. The molecule has 2 heterocycles. The lowest BCUT2D eigenvalue weighted by Crippen LogP contribution is -2.06. The van der Waals surface area contributed by atoms with Crippen molar-refractivity contribution in [3.63, 3.8) is 0 Å². The molecule has 0 unspecified atom stereocenters. The lowest BCUT2D eigenvalue weighted by Gasteiger charge is -1.99. The molecule has 0 saturated heterocycles. The van der Waals surface area contributed by atoms with E-state index >= 15 is 0 Å². The fourth-order valence-corrected chi connectivity index (χ4v) is 1.34. The Morgan fingerprint density at radius 1 is 1.38 bits per heavy atom. The summed E-state index contributed by atoms with van der Waals surface area (Å²) < 4.78 is 1.27. The SMILES string of the molecule is COn1c(Cl)nc2cnc(Cl)nc21. The molecule has 0 aliphatic rings. The van der Waals surface area contributed by atoms with E-state index in [0.29, 0.717) is 11.2 Å². The van der Waals surface area contributed by atoms with Crippen molar-refractivity contribution in [2.75, 3.05) is 7.11 Å². The zero-order chi connectivity index (χ0) is 9.42. The average Bonchev–Trinajstić information content (AvgIpc) is 2.40. The van der Waals surface area contributed by atoms with Gasteiger partial charge in [0.1, 0.15) is 12.6 Å². The summed E-state index contributed by atoms with van der Waals surface area (Å²) in [5.74, 6) is 0. The molecule has 0 aliphatic heterocycles. The third-order valence-electron chi connectivity index (χ3n) is 1.48. The first-order valence-electron chi connectivity index (χ1n) is 3.33. The number of imidazole rings is 1. The van der Waals surface area contributed by atoms with Gasteiger partial charge in [-0.3, -0.25) is 0 Å². The highest BCUT2D eigenvalue weighted by molar-refractivity contribution is 6.29. The van der Waals surface area contributed by atoms with Crippen LogP contribution in [0.25, 0.3) is 11.2 Å². The van der Waals surface area contributed by atoms with Crippen molar-refractivity contribution in [3.05, 3.63) is 16.8 Å². The van der Waals surface area contributed by atoms with Crippen molar-refractivity contribution in [2.24, 2.45) is 0 Å². The first kappa shape index (κ1) is 8.52. The smallest absolute Gasteiger partial charge is 0.239 e. The molecule has 0 aliphatic carbocycles. The van der Waals surface area contributed by atoms with Gasteiger partial charge in [0.25, 0.3) is 0 Å². The maximum absolute atomic E-state index is 5.74. The predicted molar refractivity (Wildman–Crippen MR) is 47.8 cm³/mol. The summed E-state index contributed by atoms with van der Waals surface area (Å²) >= 11 is 11.3. The van der Waals surface area contributed by atoms with E-state index in [9.17, 15) is 0 Å². The number of hydrogen-bond donors (Lipinski definition) is 0. The summed E-state index contributed by atoms with van der Waals surface area (Å²) in [6.45, 7) is 0. The van der Waals surface area contributed by atoms with Crippen LogP contribution in [0.1, 0.15) is 0 Å². The molecule has 68 valence electrons. The van der Waals surface area contributed by atoms with Crippen LogP contribution in [0.2, 0.25) is 10.6 Å². The Kier molecular flexibility index (Phi) is 1.97. The van der Waals surface area contributed by atoms with Gasteiger partial charge in [0, 0.05) is 0 Å². The second-order valence-electron chi connectivity index (χ2n) is 2.21. The van der Waals surface area contributed by atoms with Gasteiger partial charge in [0.05, 0.1) is 6.20 Å². The molecular weight excluding hydrogens is 215 g/mol. The van der Waals surface area contributed by atoms with Crippen molar-refractivity contribution in [2.45, 2.75) is 0 Å². The van der Waals surface area contributed by atoms with E-state index < -0.39 is 0 Å². The minimum absolute atomic E-state index is 0.127. The Morgan fingerprint density at radius 2 is 2.15 bits per heavy atom. The summed E-state index contributed by atoms with van der Waals surface area (Å²) in [6, 6.07) is 0. The van der Waals surface area contributed by atoms with Crippen molar-refractivity contribution >= 4 is 34.4 Å². The normalized spacial score (nSPS) is 10.7. The maximum atomic E-state index is 5.74. The van der Waals surface area contributed by atoms with E-state index in [2.05, 4.69) is 15.0 Å². The molecule has 0 radical (unpaired) electrons. The van der Waals surface area contributed by atoms with Crippen LogP contribution in [0.5, 0.6) is 0 Å². The summed E-state index contributed by atoms with van der Waals surface area (Å²) in [7, 11) is 1.46. The summed E-state index contributed by atoms with van der Waals surface area (Å²) in [4.78, 5) is 16.5. The van der Waals surface area contributed by atoms with Crippen LogP contribution in [0.3, 0.4) is 0 Å². The fourth-order valence-electron chi connectivity index (χ4n) is 0.968. The molecule has 0 N–H and O–H groups in total. The molecule has 5 nitrogen and oxygen atoms in total. The van der Waals surface area contributed by atoms with Gasteiger partial charge < -0.3 is 4.84 Å². The van der Waals surface area contributed by atoms with Crippen LogP contribution in [0.4, 0.5) is 0 Å². The Bertz CT molecular complexity index is 455. The minimum Gasteiger partial charge on any atom is -0.413 e. The van der Waals surface area contributed by atoms with Crippen molar-refractivity contribution < 1.29 is 4.84 Å². The number of fused-ring (bicyclic) bond motifs is 1. The highest BCUT2D eigenvalue weighted by atomic mass is 35.5. The van der Waals surface area contributed by atoms with Crippen LogP contribution in [0, 0.1) is 0 Å². The standard InChI is InChI=1S/C6H4Cl2N4O/c1-13-12-4-3(10-6(12)8)2-9-5(7)11-4/h2H,1H3. The maximum Gasteiger partial charge on any atom is 0.239 e. The van der Waals surface area contributed by atoms with E-state index in [-0.39, 0.29) is 10.6 Å².